The molecule has 0 saturated carbocycles. The minimum Gasteiger partial charge on any atom is -0.508 e. The smallest absolute Gasteiger partial charge is 0.115 e. The van der Waals surface area contributed by atoms with Crippen molar-refractivity contribution in [2.45, 2.75) is 12.8 Å². The van der Waals surface area contributed by atoms with Gasteiger partial charge in [-0.3, -0.25) is 0 Å². The molecule has 3 nitrogen and oxygen atoms in total. The van der Waals surface area contributed by atoms with E-state index in [1.807, 2.05) is 12.1 Å². The minimum atomic E-state index is 0.289. The first-order valence-corrected chi connectivity index (χ1v) is 6.78. The van der Waals surface area contributed by atoms with Gasteiger partial charge < -0.3 is 10.4 Å². The molecule has 2 rings (SSSR count). The van der Waals surface area contributed by atoms with Crippen molar-refractivity contribution in [1.29, 1.82) is 5.26 Å². The van der Waals surface area contributed by atoms with Crippen molar-refractivity contribution in [3.05, 3.63) is 58.6 Å². The topological polar surface area (TPSA) is 56.0 Å². The third-order valence-corrected chi connectivity index (χ3v) is 3.21. The predicted octanol–water partition coefficient (Wildman–Crippen LogP) is 3.96. The van der Waals surface area contributed by atoms with Crippen LogP contribution in [-0.2, 0) is 6.42 Å². The zero-order valence-corrected chi connectivity index (χ0v) is 11.7. The molecule has 2 N–H and O–H groups in total. The van der Waals surface area contributed by atoms with Crippen LogP contribution >= 0.6 is 11.6 Å². The van der Waals surface area contributed by atoms with Crippen molar-refractivity contribution in [2.75, 3.05) is 11.9 Å². The van der Waals surface area contributed by atoms with Crippen LogP contribution in [0.2, 0.25) is 5.02 Å². The quantitative estimate of drug-likeness (QED) is 0.818. The Labute approximate surface area is 123 Å². The van der Waals surface area contributed by atoms with Crippen LogP contribution in [0.5, 0.6) is 5.75 Å². The minimum absolute atomic E-state index is 0.289. The molecule has 2 aromatic carbocycles. The number of nitrogens with zero attached hydrogens (tertiary/aromatic N) is 1. The third kappa shape index (κ3) is 3.91. The molecule has 0 aromatic heterocycles. The fraction of sp³-hybridized carbons (Fsp3) is 0.188. The molecule has 0 spiro atoms. The van der Waals surface area contributed by atoms with Crippen molar-refractivity contribution < 1.29 is 5.11 Å². The van der Waals surface area contributed by atoms with E-state index in [2.05, 4.69) is 11.4 Å². The average molecular weight is 287 g/mol. The predicted molar refractivity (Wildman–Crippen MR) is 81.1 cm³/mol. The number of rotatable bonds is 5. The van der Waals surface area contributed by atoms with Crippen molar-refractivity contribution >= 4 is 17.3 Å². The van der Waals surface area contributed by atoms with Crippen LogP contribution in [0.25, 0.3) is 0 Å². The lowest BCUT2D eigenvalue weighted by Crippen LogP contribution is -2.04. The van der Waals surface area contributed by atoms with Gasteiger partial charge in [-0.2, -0.15) is 5.26 Å². The van der Waals surface area contributed by atoms with Crippen LogP contribution in [0.3, 0.4) is 0 Å². The molecule has 0 aliphatic heterocycles. The van der Waals surface area contributed by atoms with Crippen LogP contribution in [0.4, 0.5) is 5.69 Å². The summed E-state index contributed by atoms with van der Waals surface area (Å²) in [4.78, 5) is 0. The van der Waals surface area contributed by atoms with Crippen LogP contribution in [0, 0.1) is 11.3 Å². The Kier molecular flexibility index (Phi) is 4.86. The molecule has 0 saturated heterocycles. The summed E-state index contributed by atoms with van der Waals surface area (Å²) in [6, 6.07) is 14.6. The second-order valence-electron chi connectivity index (χ2n) is 4.50. The Hall–Kier alpha value is -2.18. The van der Waals surface area contributed by atoms with Gasteiger partial charge in [0.25, 0.3) is 0 Å². The van der Waals surface area contributed by atoms with Gasteiger partial charge in [-0.1, -0.05) is 23.7 Å². The number of nitrogens with one attached hydrogen (secondary N) is 1. The van der Waals surface area contributed by atoms with Gasteiger partial charge in [0.05, 0.1) is 11.3 Å². The van der Waals surface area contributed by atoms with E-state index in [1.54, 1.807) is 30.3 Å². The van der Waals surface area contributed by atoms with E-state index in [1.165, 1.54) is 0 Å². The molecule has 2 aromatic rings. The number of halogens is 1. The largest absolute Gasteiger partial charge is 0.508 e. The number of hydrogen-bond donors (Lipinski definition) is 2. The van der Waals surface area contributed by atoms with Crippen LogP contribution in [-0.4, -0.2) is 11.7 Å². The summed E-state index contributed by atoms with van der Waals surface area (Å²) < 4.78 is 0. The first-order valence-electron chi connectivity index (χ1n) is 6.40. The number of phenols is 1. The van der Waals surface area contributed by atoms with Crippen molar-refractivity contribution in [2.24, 2.45) is 0 Å². The van der Waals surface area contributed by atoms with Gasteiger partial charge in [0.1, 0.15) is 11.8 Å². The first-order chi connectivity index (χ1) is 9.69. The standard InChI is InChI=1S/C16H15ClN2O/c17-14-7-6-13(11-18)16(10-14)19-8-2-4-12-3-1-5-15(20)9-12/h1,3,5-7,9-10,19-20H,2,4,8H2. The highest BCUT2D eigenvalue weighted by molar-refractivity contribution is 6.30. The number of anilines is 1. The fourth-order valence-corrected chi connectivity index (χ4v) is 2.16. The molecular weight excluding hydrogens is 272 g/mol. The maximum absolute atomic E-state index is 9.38. The van der Waals surface area contributed by atoms with Crippen molar-refractivity contribution in [3.63, 3.8) is 0 Å². The zero-order chi connectivity index (χ0) is 14.4. The molecule has 0 atom stereocenters. The SMILES string of the molecule is N#Cc1ccc(Cl)cc1NCCCc1cccc(O)c1. The summed E-state index contributed by atoms with van der Waals surface area (Å²) in [7, 11) is 0. The molecule has 102 valence electrons. The summed E-state index contributed by atoms with van der Waals surface area (Å²) in [5, 5.41) is 22.2. The fourth-order valence-electron chi connectivity index (χ4n) is 1.99. The number of nitriles is 1. The lowest BCUT2D eigenvalue weighted by Gasteiger charge is -2.08. The summed E-state index contributed by atoms with van der Waals surface area (Å²) >= 11 is 5.92. The summed E-state index contributed by atoms with van der Waals surface area (Å²) in [6.07, 6.45) is 1.77. The first kappa shape index (κ1) is 14.2. The van der Waals surface area contributed by atoms with Crippen molar-refractivity contribution in [3.8, 4) is 11.8 Å². The molecule has 0 bridgehead atoms. The average Bonchev–Trinajstić information content (AvgIpc) is 2.44. The Bertz CT molecular complexity index is 635. The molecule has 0 aliphatic rings. The van der Waals surface area contributed by atoms with E-state index < -0.39 is 0 Å². The number of aryl methyl sites for hydroxylation is 1. The zero-order valence-electron chi connectivity index (χ0n) is 10.9. The Balaban J connectivity index is 1.87. The second kappa shape index (κ2) is 6.83. The summed E-state index contributed by atoms with van der Waals surface area (Å²) in [5.41, 5.74) is 2.45. The van der Waals surface area contributed by atoms with Gasteiger partial charge >= 0.3 is 0 Å². The Morgan fingerprint density at radius 3 is 2.80 bits per heavy atom. The van der Waals surface area contributed by atoms with Gasteiger partial charge in [0.15, 0.2) is 0 Å². The lowest BCUT2D eigenvalue weighted by atomic mass is 10.1. The molecule has 0 amide bonds. The molecule has 0 unspecified atom stereocenters. The maximum Gasteiger partial charge on any atom is 0.115 e. The molecule has 0 radical (unpaired) electrons. The van der Waals surface area contributed by atoms with E-state index in [4.69, 9.17) is 16.9 Å². The molecule has 4 heteroatoms. The monoisotopic (exact) mass is 286 g/mol. The van der Waals surface area contributed by atoms with Crippen LogP contribution in [0.15, 0.2) is 42.5 Å². The van der Waals surface area contributed by atoms with E-state index in [0.29, 0.717) is 10.6 Å². The van der Waals surface area contributed by atoms with Crippen molar-refractivity contribution in [1.82, 2.24) is 0 Å². The Morgan fingerprint density at radius 2 is 2.05 bits per heavy atom. The number of hydrogen-bond acceptors (Lipinski definition) is 3. The lowest BCUT2D eigenvalue weighted by molar-refractivity contribution is 0.474. The third-order valence-electron chi connectivity index (χ3n) is 2.97. The molecule has 0 heterocycles. The molecule has 0 fully saturated rings. The Morgan fingerprint density at radius 1 is 1.20 bits per heavy atom. The highest BCUT2D eigenvalue weighted by Gasteiger charge is 2.02. The van der Waals surface area contributed by atoms with Crippen LogP contribution in [0.1, 0.15) is 17.5 Å². The molecule has 20 heavy (non-hydrogen) atoms. The van der Waals surface area contributed by atoms with E-state index in [9.17, 15) is 5.11 Å². The van der Waals surface area contributed by atoms with Crippen LogP contribution < -0.4 is 5.32 Å². The van der Waals surface area contributed by atoms with Gasteiger partial charge in [-0.25, -0.2) is 0 Å². The van der Waals surface area contributed by atoms with E-state index >= 15 is 0 Å². The summed E-state index contributed by atoms with van der Waals surface area (Å²) in [5.74, 6) is 0.289. The van der Waals surface area contributed by atoms with Gasteiger partial charge in [-0.15, -0.1) is 0 Å². The van der Waals surface area contributed by atoms with E-state index in [0.717, 1.165) is 30.6 Å². The number of aromatic hydroxyl groups is 1. The highest BCUT2D eigenvalue weighted by atomic mass is 35.5. The highest BCUT2D eigenvalue weighted by Crippen LogP contribution is 2.20. The molecule has 0 aliphatic carbocycles. The normalized spacial score (nSPS) is 10.0. The molecular formula is C16H15ClN2O. The summed E-state index contributed by atoms with van der Waals surface area (Å²) in [6.45, 7) is 0.741. The maximum atomic E-state index is 9.38. The van der Waals surface area contributed by atoms with Gasteiger partial charge in [-0.05, 0) is 48.7 Å². The number of phenolic OH excluding ortho intramolecular Hbond substituents is 1. The second-order valence-corrected chi connectivity index (χ2v) is 4.94. The van der Waals surface area contributed by atoms with E-state index in [-0.39, 0.29) is 5.75 Å². The number of benzene rings is 2. The van der Waals surface area contributed by atoms with Gasteiger partial charge in [0.2, 0.25) is 0 Å². The van der Waals surface area contributed by atoms with Gasteiger partial charge in [0, 0.05) is 11.6 Å².